The number of rotatable bonds is 13. The summed E-state index contributed by atoms with van der Waals surface area (Å²) in [4.78, 5) is 15.1. The van der Waals surface area contributed by atoms with Gasteiger partial charge in [0, 0.05) is 35.1 Å². The number of nitrogens with zero attached hydrogens (tertiary/aromatic N) is 1. The van der Waals surface area contributed by atoms with E-state index in [9.17, 15) is 4.79 Å². The second kappa shape index (κ2) is 16.9. The molecular formula is C20H41N3O3. The molecule has 0 saturated carbocycles. The normalized spacial score (nSPS) is 10.4. The second-order valence-corrected chi connectivity index (χ2v) is 5.71. The van der Waals surface area contributed by atoms with E-state index >= 15 is 0 Å². The summed E-state index contributed by atoms with van der Waals surface area (Å²) < 4.78 is 11.1. The van der Waals surface area contributed by atoms with Crippen molar-refractivity contribution in [2.45, 2.75) is 66.7 Å². The molecule has 0 aliphatic heterocycles. The molecule has 1 rings (SSSR count). The molecule has 0 spiro atoms. The van der Waals surface area contributed by atoms with Crippen molar-refractivity contribution >= 4 is 5.91 Å². The monoisotopic (exact) mass is 371 g/mol. The molecule has 6 nitrogen and oxygen atoms in total. The predicted octanol–water partition coefficient (Wildman–Crippen LogP) is 3.55. The van der Waals surface area contributed by atoms with E-state index in [0.29, 0.717) is 39.0 Å². The Kier molecular flexibility index (Phi) is 16.0. The highest BCUT2D eigenvalue weighted by atomic mass is 16.5. The van der Waals surface area contributed by atoms with Gasteiger partial charge in [0.15, 0.2) is 0 Å². The first-order valence-corrected chi connectivity index (χ1v) is 9.72. The van der Waals surface area contributed by atoms with Crippen molar-refractivity contribution in [1.29, 1.82) is 0 Å². The first kappa shape index (κ1) is 24.5. The van der Waals surface area contributed by atoms with Crippen LogP contribution in [0.15, 0.2) is 18.3 Å². The number of carbonyl (C=O) groups excluding carboxylic acids is 1. The van der Waals surface area contributed by atoms with Gasteiger partial charge in [-0.1, -0.05) is 33.8 Å². The van der Waals surface area contributed by atoms with Gasteiger partial charge >= 0.3 is 0 Å². The van der Waals surface area contributed by atoms with Crippen molar-refractivity contribution in [3.05, 3.63) is 29.6 Å². The van der Waals surface area contributed by atoms with E-state index in [-0.39, 0.29) is 8.76 Å². The average Bonchev–Trinajstić information content (AvgIpc) is 2.67. The van der Waals surface area contributed by atoms with Crippen LogP contribution < -0.4 is 10.6 Å². The van der Waals surface area contributed by atoms with E-state index < -0.39 is 0 Å². The molecular weight excluding hydrogens is 330 g/mol. The van der Waals surface area contributed by atoms with Gasteiger partial charge in [0.2, 0.25) is 5.91 Å². The average molecular weight is 372 g/mol. The number of pyridine rings is 1. The smallest absolute Gasteiger partial charge is 0.216 e. The first-order valence-electron chi connectivity index (χ1n) is 9.72. The van der Waals surface area contributed by atoms with Crippen LogP contribution in [0.3, 0.4) is 0 Å². The van der Waals surface area contributed by atoms with Crippen LogP contribution in [-0.2, 0) is 27.5 Å². The van der Waals surface area contributed by atoms with Crippen LogP contribution in [0.4, 0.5) is 0 Å². The van der Waals surface area contributed by atoms with Crippen molar-refractivity contribution in [1.82, 2.24) is 15.6 Å². The van der Waals surface area contributed by atoms with Crippen molar-refractivity contribution < 1.29 is 17.1 Å². The Labute approximate surface area is 162 Å². The minimum absolute atomic E-state index is 0. The number of hydrogen-bond acceptors (Lipinski definition) is 5. The third kappa shape index (κ3) is 12.8. The van der Waals surface area contributed by atoms with E-state index in [1.54, 1.807) is 0 Å². The van der Waals surface area contributed by atoms with E-state index in [1.807, 2.05) is 32.2 Å². The largest absolute Gasteiger partial charge is 0.375 e. The van der Waals surface area contributed by atoms with Gasteiger partial charge in [-0.25, -0.2) is 0 Å². The Morgan fingerprint density at radius 2 is 1.77 bits per heavy atom. The molecule has 1 heterocycles. The molecule has 0 saturated heterocycles. The molecule has 154 valence electrons. The molecule has 0 bridgehead atoms. The maximum absolute atomic E-state index is 10.7. The van der Waals surface area contributed by atoms with Crippen LogP contribution in [0.1, 0.15) is 61.6 Å². The van der Waals surface area contributed by atoms with Gasteiger partial charge in [0.05, 0.1) is 32.1 Å². The standard InChI is InChI=1S/C18H31N3O3.C2H6.2H2/c1-4-17(5-2)20-9-11-23-13-16-6-7-18(21-12-16)14-24-10-8-19-15(3)22;1-2;;/h6-7,12,17,20H,4-5,8-11,13-14H2,1-3H3,(H,19,22);1-2H3;2*1H. The van der Waals surface area contributed by atoms with E-state index in [4.69, 9.17) is 9.47 Å². The molecule has 1 amide bonds. The van der Waals surface area contributed by atoms with Gasteiger partial charge in [0.25, 0.3) is 0 Å². The van der Waals surface area contributed by atoms with Crippen molar-refractivity contribution in [2.75, 3.05) is 26.3 Å². The predicted molar refractivity (Wildman–Crippen MR) is 110 cm³/mol. The fraction of sp³-hybridized carbons (Fsp3) is 0.700. The number of aromatic nitrogens is 1. The van der Waals surface area contributed by atoms with E-state index in [2.05, 4.69) is 29.5 Å². The molecule has 26 heavy (non-hydrogen) atoms. The maximum Gasteiger partial charge on any atom is 0.216 e. The zero-order chi connectivity index (χ0) is 19.6. The van der Waals surface area contributed by atoms with Crippen LogP contribution in [-0.4, -0.2) is 43.2 Å². The van der Waals surface area contributed by atoms with E-state index in [0.717, 1.165) is 30.6 Å². The number of nitrogens with one attached hydrogen (secondary N) is 2. The topological polar surface area (TPSA) is 72.5 Å². The Morgan fingerprint density at radius 1 is 1.12 bits per heavy atom. The molecule has 0 unspecified atom stereocenters. The molecule has 0 atom stereocenters. The Hall–Kier alpha value is -1.50. The van der Waals surface area contributed by atoms with Crippen LogP contribution in [0, 0.1) is 0 Å². The lowest BCUT2D eigenvalue weighted by molar-refractivity contribution is -0.119. The molecule has 0 radical (unpaired) electrons. The summed E-state index contributed by atoms with van der Waals surface area (Å²) in [5, 5.41) is 6.15. The van der Waals surface area contributed by atoms with Crippen molar-refractivity contribution in [2.24, 2.45) is 0 Å². The number of carbonyl (C=O) groups is 1. The van der Waals surface area contributed by atoms with Gasteiger partial charge < -0.3 is 20.1 Å². The van der Waals surface area contributed by atoms with Crippen LogP contribution >= 0.6 is 0 Å². The van der Waals surface area contributed by atoms with Gasteiger partial charge in [0.1, 0.15) is 0 Å². The summed E-state index contributed by atoms with van der Waals surface area (Å²) >= 11 is 0. The van der Waals surface area contributed by atoms with Crippen LogP contribution in [0.25, 0.3) is 0 Å². The summed E-state index contributed by atoms with van der Waals surface area (Å²) in [5.41, 5.74) is 1.93. The molecule has 0 fully saturated rings. The highest BCUT2D eigenvalue weighted by Gasteiger charge is 2.01. The summed E-state index contributed by atoms with van der Waals surface area (Å²) in [7, 11) is 0. The fourth-order valence-corrected chi connectivity index (χ4v) is 2.20. The highest BCUT2D eigenvalue weighted by molar-refractivity contribution is 5.72. The maximum atomic E-state index is 10.7. The minimum atomic E-state index is -0.0452. The lowest BCUT2D eigenvalue weighted by Gasteiger charge is -2.14. The lowest BCUT2D eigenvalue weighted by Crippen LogP contribution is -2.30. The molecule has 1 aromatic heterocycles. The zero-order valence-corrected chi connectivity index (χ0v) is 17.1. The molecule has 1 aromatic rings. The summed E-state index contributed by atoms with van der Waals surface area (Å²) in [6, 6.07) is 4.54. The molecule has 0 aliphatic carbocycles. The molecule has 2 N–H and O–H groups in total. The van der Waals surface area contributed by atoms with E-state index in [1.165, 1.54) is 6.92 Å². The van der Waals surface area contributed by atoms with Gasteiger partial charge in [-0.2, -0.15) is 0 Å². The van der Waals surface area contributed by atoms with Crippen molar-refractivity contribution in [3.63, 3.8) is 0 Å². The Morgan fingerprint density at radius 3 is 2.35 bits per heavy atom. The van der Waals surface area contributed by atoms with Gasteiger partial charge in [-0.05, 0) is 24.5 Å². The third-order valence-electron chi connectivity index (χ3n) is 3.69. The molecule has 0 aliphatic rings. The molecule has 0 aromatic carbocycles. The fourth-order valence-electron chi connectivity index (χ4n) is 2.20. The first-order chi connectivity index (χ1) is 12.7. The number of amides is 1. The van der Waals surface area contributed by atoms with Crippen molar-refractivity contribution in [3.8, 4) is 0 Å². The van der Waals surface area contributed by atoms with Gasteiger partial charge in [-0.15, -0.1) is 0 Å². The number of ether oxygens (including phenoxy) is 2. The quantitative estimate of drug-likeness (QED) is 0.519. The zero-order valence-electron chi connectivity index (χ0n) is 17.1. The summed E-state index contributed by atoms with van der Waals surface area (Å²) in [6.45, 7) is 13.5. The van der Waals surface area contributed by atoms with Crippen LogP contribution in [0.5, 0.6) is 0 Å². The van der Waals surface area contributed by atoms with Crippen LogP contribution in [0.2, 0.25) is 0 Å². The Balaban J connectivity index is -0.00000151. The summed E-state index contributed by atoms with van der Waals surface area (Å²) in [6.07, 6.45) is 4.12. The number of hydrogen-bond donors (Lipinski definition) is 2. The third-order valence-corrected chi connectivity index (χ3v) is 3.69. The summed E-state index contributed by atoms with van der Waals surface area (Å²) in [5.74, 6) is -0.0452. The SMILES string of the molecule is CC.CCC(CC)NCCOCc1ccc(COCCNC(C)=O)nc1.[HH].[HH]. The highest BCUT2D eigenvalue weighted by Crippen LogP contribution is 2.03. The lowest BCUT2D eigenvalue weighted by atomic mass is 10.2. The Bertz CT molecular complexity index is 459. The molecule has 6 heteroatoms. The minimum Gasteiger partial charge on any atom is -0.375 e. The van der Waals surface area contributed by atoms with Gasteiger partial charge in [-0.3, -0.25) is 9.78 Å². The second-order valence-electron chi connectivity index (χ2n) is 5.71.